The van der Waals surface area contributed by atoms with Crippen LogP contribution < -0.4 is 32.3 Å². The number of hydrazine groups is 1. The Bertz CT molecular complexity index is 1150. The molecule has 0 saturated carbocycles. The fraction of sp³-hybridized carbons (Fsp3) is 0. The van der Waals surface area contributed by atoms with Crippen molar-refractivity contribution in [3.63, 3.8) is 0 Å². The van der Waals surface area contributed by atoms with Crippen LogP contribution in [0.1, 0.15) is 0 Å². The van der Waals surface area contributed by atoms with Crippen molar-refractivity contribution in [3.05, 3.63) is 51.7 Å². The van der Waals surface area contributed by atoms with Crippen molar-refractivity contribution in [2.24, 2.45) is 0 Å². The molecule has 0 aliphatic carbocycles. The van der Waals surface area contributed by atoms with Crippen LogP contribution in [0.25, 0.3) is 23.0 Å². The maximum absolute atomic E-state index is 13.6. The number of nitrogens with one attached hydrogen (secondary N) is 2. The van der Waals surface area contributed by atoms with Crippen molar-refractivity contribution in [2.75, 3.05) is 16.5 Å². The zero-order valence-electron chi connectivity index (χ0n) is 12.8. The van der Waals surface area contributed by atoms with E-state index >= 15 is 0 Å². The molecule has 2 aromatic carbocycles. The van der Waals surface area contributed by atoms with Crippen LogP contribution in [0, 0.1) is 5.82 Å². The molecule has 0 bridgehead atoms. The van der Waals surface area contributed by atoms with Gasteiger partial charge in [-0.2, -0.15) is 0 Å². The maximum atomic E-state index is 13.6. The number of aromatic amines is 1. The average molecular weight is 358 g/mol. The number of hydrogen-bond acceptors (Lipinski definition) is 4. The quantitative estimate of drug-likeness (QED) is 0.492. The van der Waals surface area contributed by atoms with Gasteiger partial charge in [0.25, 0.3) is 5.91 Å². The molecule has 1 aromatic heterocycles. The third kappa shape index (κ3) is 2.45. The second-order valence-corrected chi connectivity index (χ2v) is 6.08. The van der Waals surface area contributed by atoms with Crippen LogP contribution in [0.3, 0.4) is 0 Å². The smallest absolute Gasteiger partial charge is 0.263 e. The molecule has 8 heteroatoms. The molecule has 3 aromatic rings. The minimum Gasteiger partial charge on any atom is -0.398 e. The average Bonchev–Trinajstić information content (AvgIpc) is 2.87. The van der Waals surface area contributed by atoms with Crippen molar-refractivity contribution < 1.29 is 9.18 Å². The number of carbonyl (C=O) groups excluding carboxylic acids is 1. The minimum atomic E-state index is -0.472. The van der Waals surface area contributed by atoms with E-state index in [1.807, 2.05) is 0 Å². The fourth-order valence-electron chi connectivity index (χ4n) is 2.94. The number of fused-ring (bicyclic) bond motifs is 3. The predicted molar refractivity (Wildman–Crippen MR) is 97.3 cm³/mol. The van der Waals surface area contributed by atoms with E-state index in [4.69, 9.17) is 23.1 Å². The fourth-order valence-corrected chi connectivity index (χ4v) is 3.15. The SMILES string of the molecule is Nc1cc2c(c3c(N)[nH]cc13)=CC(=O)NN(c1cc(F)ccc1Cl)C=2. The van der Waals surface area contributed by atoms with E-state index in [0.717, 1.165) is 5.39 Å². The van der Waals surface area contributed by atoms with Crippen LogP contribution in [-0.2, 0) is 4.79 Å². The molecule has 126 valence electrons. The van der Waals surface area contributed by atoms with Gasteiger partial charge >= 0.3 is 0 Å². The molecule has 4 rings (SSSR count). The molecule has 2 heterocycles. The third-order valence-corrected chi connectivity index (χ3v) is 4.37. The van der Waals surface area contributed by atoms with Gasteiger partial charge in [-0.25, -0.2) is 4.39 Å². The molecule has 0 fully saturated rings. The van der Waals surface area contributed by atoms with E-state index in [9.17, 15) is 9.18 Å². The molecule has 0 spiro atoms. The van der Waals surface area contributed by atoms with Crippen LogP contribution in [-0.4, -0.2) is 10.9 Å². The molecule has 0 unspecified atom stereocenters. The first-order chi connectivity index (χ1) is 11.9. The van der Waals surface area contributed by atoms with Crippen molar-refractivity contribution in [1.29, 1.82) is 0 Å². The van der Waals surface area contributed by atoms with E-state index in [-0.39, 0.29) is 5.02 Å². The largest absolute Gasteiger partial charge is 0.398 e. The Morgan fingerprint density at radius 1 is 1.20 bits per heavy atom. The number of nitrogens with two attached hydrogens (primary N) is 2. The Kier molecular flexibility index (Phi) is 3.33. The molecular weight excluding hydrogens is 345 g/mol. The summed E-state index contributed by atoms with van der Waals surface area (Å²) in [5.41, 5.74) is 15.5. The summed E-state index contributed by atoms with van der Waals surface area (Å²) in [6.07, 6.45) is 4.74. The van der Waals surface area contributed by atoms with Gasteiger partial charge in [0.1, 0.15) is 11.6 Å². The number of aromatic nitrogens is 1. The first kappa shape index (κ1) is 15.3. The predicted octanol–water partition coefficient (Wildman–Crippen LogP) is 1.19. The second kappa shape index (κ2) is 5.42. The lowest BCUT2D eigenvalue weighted by molar-refractivity contribution is -0.115. The van der Waals surface area contributed by atoms with E-state index in [0.29, 0.717) is 33.0 Å². The number of H-pyrrole nitrogens is 1. The molecule has 1 aliphatic rings. The number of hydrogen-bond donors (Lipinski definition) is 4. The van der Waals surface area contributed by atoms with E-state index in [1.165, 1.54) is 29.3 Å². The van der Waals surface area contributed by atoms with E-state index < -0.39 is 11.7 Å². The highest BCUT2D eigenvalue weighted by Crippen LogP contribution is 2.26. The monoisotopic (exact) mass is 357 g/mol. The zero-order valence-corrected chi connectivity index (χ0v) is 13.6. The zero-order chi connectivity index (χ0) is 17.7. The topological polar surface area (TPSA) is 100 Å². The number of halogens is 2. The Balaban J connectivity index is 2.05. The molecular formula is C17H13ClFN5O. The van der Waals surface area contributed by atoms with Gasteiger partial charge in [-0.3, -0.25) is 15.2 Å². The molecule has 0 saturated heterocycles. The number of amides is 1. The molecule has 0 radical (unpaired) electrons. The first-order valence-corrected chi connectivity index (χ1v) is 7.75. The van der Waals surface area contributed by atoms with Crippen LogP contribution in [0.5, 0.6) is 0 Å². The second-order valence-electron chi connectivity index (χ2n) is 5.67. The third-order valence-electron chi connectivity index (χ3n) is 4.06. The van der Waals surface area contributed by atoms with Gasteiger partial charge in [0.2, 0.25) is 0 Å². The molecule has 6 N–H and O–H groups in total. The number of nitrogens with zero attached hydrogens (tertiary/aromatic N) is 1. The Labute approximate surface area is 146 Å². The van der Waals surface area contributed by atoms with Gasteiger partial charge in [0.15, 0.2) is 0 Å². The normalized spacial score (nSPS) is 13.7. The highest BCUT2D eigenvalue weighted by molar-refractivity contribution is 6.33. The summed E-state index contributed by atoms with van der Waals surface area (Å²) >= 11 is 6.15. The minimum absolute atomic E-state index is 0.289. The van der Waals surface area contributed by atoms with Gasteiger partial charge in [0.05, 0.1) is 10.7 Å². The van der Waals surface area contributed by atoms with Gasteiger partial charge in [-0.1, -0.05) is 11.6 Å². The van der Waals surface area contributed by atoms with Crippen molar-refractivity contribution in [1.82, 2.24) is 10.4 Å². The highest BCUT2D eigenvalue weighted by atomic mass is 35.5. The summed E-state index contributed by atoms with van der Waals surface area (Å²) in [7, 11) is 0. The summed E-state index contributed by atoms with van der Waals surface area (Å²) in [4.78, 5) is 15.3. The lowest BCUT2D eigenvalue weighted by Crippen LogP contribution is -2.37. The lowest BCUT2D eigenvalue weighted by Gasteiger charge is -2.21. The first-order valence-electron chi connectivity index (χ1n) is 7.37. The van der Waals surface area contributed by atoms with Crippen molar-refractivity contribution in [2.45, 2.75) is 0 Å². The summed E-state index contributed by atoms with van der Waals surface area (Å²) in [6.45, 7) is 0. The van der Waals surface area contributed by atoms with Crippen LogP contribution >= 0.6 is 11.6 Å². The number of benzene rings is 2. The Morgan fingerprint density at radius 3 is 2.80 bits per heavy atom. The van der Waals surface area contributed by atoms with Crippen molar-refractivity contribution >= 4 is 57.7 Å². The summed E-state index contributed by atoms with van der Waals surface area (Å²) < 4.78 is 13.6. The van der Waals surface area contributed by atoms with E-state index in [2.05, 4.69) is 10.4 Å². The summed E-state index contributed by atoms with van der Waals surface area (Å²) in [5.74, 6) is -0.462. The van der Waals surface area contributed by atoms with E-state index in [1.54, 1.807) is 18.5 Å². The maximum Gasteiger partial charge on any atom is 0.263 e. The van der Waals surface area contributed by atoms with Gasteiger partial charge in [-0.05, 0) is 18.2 Å². The summed E-state index contributed by atoms with van der Waals surface area (Å²) in [5, 5.41) is 4.31. The van der Waals surface area contributed by atoms with Gasteiger partial charge in [-0.15, -0.1) is 0 Å². The molecule has 1 amide bonds. The molecule has 1 aliphatic heterocycles. The van der Waals surface area contributed by atoms with Gasteiger partial charge in [0, 0.05) is 51.4 Å². The number of nitrogen functional groups attached to an aromatic ring is 2. The van der Waals surface area contributed by atoms with Crippen LogP contribution in [0.15, 0.2) is 30.5 Å². The molecule has 0 atom stereocenters. The van der Waals surface area contributed by atoms with Crippen molar-refractivity contribution in [3.8, 4) is 0 Å². The molecule has 6 nitrogen and oxygen atoms in total. The van der Waals surface area contributed by atoms with Crippen LogP contribution in [0.2, 0.25) is 5.02 Å². The van der Waals surface area contributed by atoms with Crippen LogP contribution in [0.4, 0.5) is 21.6 Å². The van der Waals surface area contributed by atoms with Gasteiger partial charge < -0.3 is 16.5 Å². The lowest BCUT2D eigenvalue weighted by atomic mass is 10.1. The number of rotatable bonds is 1. The Hall–Kier alpha value is -3.19. The number of anilines is 3. The standard InChI is InChI=1S/C17H13ClFN5O/c18-12-2-1-9(19)4-14(12)24-7-8-3-13(20)11-6-22-17(21)16(11)10(8)5-15(25)23-24/h1-7,22H,20-21H2,(H,23,25). The highest BCUT2D eigenvalue weighted by Gasteiger charge is 2.16. The Morgan fingerprint density at radius 2 is 2.00 bits per heavy atom. The molecule has 25 heavy (non-hydrogen) atoms. The number of carbonyl (C=O) groups is 1. The summed E-state index contributed by atoms with van der Waals surface area (Å²) in [6, 6.07) is 5.62.